The van der Waals surface area contributed by atoms with Crippen molar-refractivity contribution in [3.8, 4) is 0 Å². The number of halogens is 3. The maximum atomic E-state index is 13.7. The maximum absolute atomic E-state index is 13.7. The predicted molar refractivity (Wildman–Crippen MR) is 76.8 cm³/mol. The monoisotopic (exact) mass is 343 g/mol. The van der Waals surface area contributed by atoms with E-state index in [0.717, 1.165) is 11.9 Å². The molecule has 0 aliphatic carbocycles. The molecule has 2 aromatic rings. The van der Waals surface area contributed by atoms with Gasteiger partial charge in [-0.2, -0.15) is 0 Å². The summed E-state index contributed by atoms with van der Waals surface area (Å²) in [6, 6.07) is 3.58. The lowest BCUT2D eigenvalue weighted by molar-refractivity contribution is 0.375. The van der Waals surface area contributed by atoms with Gasteiger partial charge in [-0.05, 0) is 32.4 Å². The molecule has 0 aliphatic rings. The summed E-state index contributed by atoms with van der Waals surface area (Å²) in [6.45, 7) is 6.10. The van der Waals surface area contributed by atoms with Crippen LogP contribution in [0.3, 0.4) is 0 Å². The third-order valence-electron chi connectivity index (χ3n) is 2.95. The summed E-state index contributed by atoms with van der Waals surface area (Å²) >= 11 is 3.38. The van der Waals surface area contributed by atoms with Crippen LogP contribution in [0.2, 0.25) is 0 Å². The lowest BCUT2D eigenvalue weighted by Gasteiger charge is -2.24. The molecule has 0 unspecified atom stereocenters. The van der Waals surface area contributed by atoms with Crippen LogP contribution in [0.4, 0.5) is 8.78 Å². The summed E-state index contributed by atoms with van der Waals surface area (Å²) in [5.41, 5.74) is 0.198. The van der Waals surface area contributed by atoms with E-state index in [1.165, 1.54) is 12.1 Å². The van der Waals surface area contributed by atoms with Crippen LogP contribution in [0.15, 0.2) is 18.2 Å². The molecule has 20 heavy (non-hydrogen) atoms. The fourth-order valence-electron chi connectivity index (χ4n) is 2.16. The number of hydrogen-bond donors (Lipinski definition) is 0. The van der Waals surface area contributed by atoms with E-state index >= 15 is 0 Å². The maximum Gasteiger partial charge on any atom is 0.144 e. The van der Waals surface area contributed by atoms with Crippen molar-refractivity contribution in [2.75, 3.05) is 0 Å². The van der Waals surface area contributed by atoms with E-state index in [0.29, 0.717) is 16.7 Å². The molecule has 0 radical (unpaired) electrons. The third kappa shape index (κ3) is 3.06. The summed E-state index contributed by atoms with van der Waals surface area (Å²) in [4.78, 5) is 0. The highest BCUT2D eigenvalue weighted by molar-refractivity contribution is 9.08. The van der Waals surface area contributed by atoms with Gasteiger partial charge in [0.2, 0.25) is 0 Å². The van der Waals surface area contributed by atoms with Crippen molar-refractivity contribution >= 4 is 15.9 Å². The normalized spacial score (nSPS) is 11.9. The van der Waals surface area contributed by atoms with Crippen molar-refractivity contribution < 1.29 is 8.78 Å². The van der Waals surface area contributed by atoms with E-state index in [-0.39, 0.29) is 12.0 Å². The van der Waals surface area contributed by atoms with Crippen LogP contribution in [-0.4, -0.2) is 14.8 Å². The summed E-state index contributed by atoms with van der Waals surface area (Å²) in [7, 11) is 0. The van der Waals surface area contributed by atoms with E-state index in [2.05, 4.69) is 26.1 Å². The molecule has 0 spiro atoms. The molecule has 3 nitrogen and oxygen atoms in total. The molecule has 0 bridgehead atoms. The average Bonchev–Trinajstić information content (AvgIpc) is 2.75. The molecule has 0 N–H and O–H groups in total. The zero-order valence-corrected chi connectivity index (χ0v) is 13.2. The molecule has 1 aromatic heterocycles. The zero-order chi connectivity index (χ0) is 14.9. The molecule has 0 aliphatic heterocycles. The summed E-state index contributed by atoms with van der Waals surface area (Å²) in [6.07, 6.45) is 0.281. The molecule has 2 rings (SSSR count). The number of benzene rings is 1. The van der Waals surface area contributed by atoms with Crippen molar-refractivity contribution in [1.29, 1.82) is 0 Å². The van der Waals surface area contributed by atoms with Gasteiger partial charge in [0.15, 0.2) is 0 Å². The highest BCUT2D eigenvalue weighted by Crippen LogP contribution is 2.22. The van der Waals surface area contributed by atoms with Crippen LogP contribution < -0.4 is 0 Å². The summed E-state index contributed by atoms with van der Waals surface area (Å²) in [5, 5.41) is 8.82. The van der Waals surface area contributed by atoms with Crippen LogP contribution >= 0.6 is 15.9 Å². The van der Waals surface area contributed by atoms with Gasteiger partial charge in [-0.15, -0.1) is 10.2 Å². The van der Waals surface area contributed by atoms with Gasteiger partial charge in [-0.25, -0.2) is 8.78 Å². The van der Waals surface area contributed by atoms with Crippen molar-refractivity contribution in [2.45, 2.75) is 38.1 Å². The first kappa shape index (κ1) is 15.1. The second-order valence-corrected chi connectivity index (χ2v) is 6.15. The Labute approximate surface area is 125 Å². The van der Waals surface area contributed by atoms with Gasteiger partial charge in [0.05, 0.1) is 5.33 Å². The Morgan fingerprint density at radius 1 is 1.15 bits per heavy atom. The van der Waals surface area contributed by atoms with E-state index in [9.17, 15) is 8.78 Å². The topological polar surface area (TPSA) is 30.7 Å². The lowest BCUT2D eigenvalue weighted by atomic mass is 10.1. The van der Waals surface area contributed by atoms with Crippen molar-refractivity contribution in [2.24, 2.45) is 0 Å². The van der Waals surface area contributed by atoms with Crippen LogP contribution in [-0.2, 0) is 17.3 Å². The van der Waals surface area contributed by atoms with Gasteiger partial charge in [-0.1, -0.05) is 22.0 Å². The molecular weight excluding hydrogens is 328 g/mol. The first-order valence-electron chi connectivity index (χ1n) is 6.26. The Morgan fingerprint density at radius 3 is 2.35 bits per heavy atom. The quantitative estimate of drug-likeness (QED) is 0.793. The van der Waals surface area contributed by atoms with Gasteiger partial charge in [0, 0.05) is 18.0 Å². The van der Waals surface area contributed by atoms with Gasteiger partial charge < -0.3 is 4.57 Å². The molecule has 0 saturated heterocycles. The minimum Gasteiger partial charge on any atom is -0.309 e. The van der Waals surface area contributed by atoms with Crippen LogP contribution in [0, 0.1) is 11.6 Å². The number of alkyl halides is 1. The predicted octanol–water partition coefficient (Wildman–Crippen LogP) is 3.80. The van der Waals surface area contributed by atoms with Gasteiger partial charge in [-0.3, -0.25) is 0 Å². The van der Waals surface area contributed by atoms with E-state index in [1.807, 2.05) is 25.3 Å². The van der Waals surface area contributed by atoms with Gasteiger partial charge in [0.25, 0.3) is 0 Å². The molecule has 1 heterocycles. The fourth-order valence-corrected chi connectivity index (χ4v) is 2.53. The van der Waals surface area contributed by atoms with Crippen LogP contribution in [0.5, 0.6) is 0 Å². The first-order valence-corrected chi connectivity index (χ1v) is 7.38. The Hall–Kier alpha value is -1.30. The number of rotatable bonds is 3. The van der Waals surface area contributed by atoms with Crippen LogP contribution in [0.1, 0.15) is 38.0 Å². The van der Waals surface area contributed by atoms with Gasteiger partial charge in [0.1, 0.15) is 23.3 Å². The summed E-state index contributed by atoms with van der Waals surface area (Å²) < 4.78 is 28.7. The van der Waals surface area contributed by atoms with Crippen molar-refractivity contribution in [1.82, 2.24) is 14.8 Å². The minimum absolute atomic E-state index is 0.210. The number of nitrogens with zero attached hydrogens (tertiary/aromatic N) is 3. The second-order valence-electron chi connectivity index (χ2n) is 5.58. The highest BCUT2D eigenvalue weighted by Gasteiger charge is 2.23. The van der Waals surface area contributed by atoms with E-state index in [4.69, 9.17) is 0 Å². The first-order chi connectivity index (χ1) is 9.32. The SMILES string of the molecule is CC(C)(C)n1c(CBr)nnc1Cc1ccc(F)cc1F. The van der Waals surface area contributed by atoms with E-state index < -0.39 is 11.6 Å². The molecule has 108 valence electrons. The van der Waals surface area contributed by atoms with E-state index in [1.54, 1.807) is 0 Å². The van der Waals surface area contributed by atoms with Crippen LogP contribution in [0.25, 0.3) is 0 Å². The molecule has 0 atom stereocenters. The number of hydrogen-bond acceptors (Lipinski definition) is 2. The Kier molecular flexibility index (Phi) is 4.22. The molecule has 0 fully saturated rings. The third-order valence-corrected chi connectivity index (χ3v) is 3.45. The Bertz CT molecular complexity index is 617. The molecule has 0 saturated carbocycles. The smallest absolute Gasteiger partial charge is 0.144 e. The largest absolute Gasteiger partial charge is 0.309 e. The Balaban J connectivity index is 2.41. The minimum atomic E-state index is -0.579. The fraction of sp³-hybridized carbons (Fsp3) is 0.429. The summed E-state index contributed by atoms with van der Waals surface area (Å²) in [5.74, 6) is 0.311. The molecule has 6 heteroatoms. The van der Waals surface area contributed by atoms with Crippen molar-refractivity contribution in [3.63, 3.8) is 0 Å². The van der Waals surface area contributed by atoms with Crippen molar-refractivity contribution in [3.05, 3.63) is 47.0 Å². The lowest BCUT2D eigenvalue weighted by Crippen LogP contribution is -2.26. The standard InChI is InChI=1S/C14H16BrF2N3/c1-14(2,3)20-12(18-19-13(20)8-15)6-9-4-5-10(16)7-11(9)17/h4-5,7H,6,8H2,1-3H3. The molecule has 1 aromatic carbocycles. The van der Waals surface area contributed by atoms with Gasteiger partial charge >= 0.3 is 0 Å². The second kappa shape index (κ2) is 5.60. The Morgan fingerprint density at radius 2 is 1.80 bits per heavy atom. The highest BCUT2D eigenvalue weighted by atomic mass is 79.9. The number of aromatic nitrogens is 3. The molecular formula is C14H16BrF2N3. The molecule has 0 amide bonds. The zero-order valence-electron chi connectivity index (χ0n) is 11.6. The average molecular weight is 344 g/mol.